The lowest BCUT2D eigenvalue weighted by Gasteiger charge is -2.33. The third kappa shape index (κ3) is 6.77. The van der Waals surface area contributed by atoms with E-state index in [0.717, 1.165) is 68.6 Å². The lowest BCUT2D eigenvalue weighted by atomic mass is 10.1. The summed E-state index contributed by atoms with van der Waals surface area (Å²) in [6.07, 6.45) is 6.06. The second-order valence-corrected chi connectivity index (χ2v) is 8.12. The maximum absolute atomic E-state index is 5.68. The number of benzene rings is 1. The number of guanidine groups is 1. The molecule has 1 aliphatic heterocycles. The molecule has 3 rings (SSSR count). The Labute approximate surface area is 192 Å². The Morgan fingerprint density at radius 3 is 2.66 bits per heavy atom. The highest BCUT2D eigenvalue weighted by atomic mass is 16.5. The number of anilines is 1. The molecule has 0 spiro atoms. The molecule has 1 fully saturated rings. The molecule has 1 aromatic carbocycles. The molecule has 0 aliphatic carbocycles. The molecule has 0 bridgehead atoms. The van der Waals surface area contributed by atoms with Crippen LogP contribution in [-0.4, -0.2) is 57.4 Å². The molecule has 32 heavy (non-hydrogen) atoms. The number of aromatic nitrogens is 1. The first-order valence-corrected chi connectivity index (χ1v) is 11.6. The first-order chi connectivity index (χ1) is 15.6. The molecule has 174 valence electrons. The summed E-state index contributed by atoms with van der Waals surface area (Å²) in [5, 5.41) is 7.04. The molecule has 1 saturated heterocycles. The molecule has 2 aromatic rings. The first kappa shape index (κ1) is 23.7. The Morgan fingerprint density at radius 2 is 2.00 bits per heavy atom. The fraction of sp³-hybridized carbons (Fsp3) is 0.520. The van der Waals surface area contributed by atoms with Gasteiger partial charge in [-0.05, 0) is 68.9 Å². The highest BCUT2D eigenvalue weighted by Gasteiger charge is 2.20. The number of nitrogens with zero attached hydrogens (tertiary/aromatic N) is 3. The summed E-state index contributed by atoms with van der Waals surface area (Å²) < 4.78 is 11.0. The number of pyridine rings is 1. The molecular formula is C25H37N5O2. The van der Waals surface area contributed by atoms with Crippen LogP contribution in [0.5, 0.6) is 11.5 Å². The van der Waals surface area contributed by atoms with Crippen molar-refractivity contribution in [1.82, 2.24) is 15.6 Å². The van der Waals surface area contributed by atoms with Gasteiger partial charge >= 0.3 is 0 Å². The summed E-state index contributed by atoms with van der Waals surface area (Å²) in [6.45, 7) is 7.55. The van der Waals surface area contributed by atoms with Crippen molar-refractivity contribution in [3.8, 4) is 11.5 Å². The van der Waals surface area contributed by atoms with Crippen LogP contribution >= 0.6 is 0 Å². The Hall–Kier alpha value is -2.96. The van der Waals surface area contributed by atoms with E-state index in [1.54, 1.807) is 7.11 Å². The molecular weight excluding hydrogens is 402 g/mol. The van der Waals surface area contributed by atoms with Crippen molar-refractivity contribution in [2.45, 2.75) is 45.6 Å². The zero-order valence-electron chi connectivity index (χ0n) is 19.9. The normalized spacial score (nSPS) is 14.9. The van der Waals surface area contributed by atoms with Crippen LogP contribution in [0, 0.1) is 6.92 Å². The smallest absolute Gasteiger partial charge is 0.191 e. The van der Waals surface area contributed by atoms with Crippen LogP contribution in [0.1, 0.15) is 37.3 Å². The fourth-order valence-electron chi connectivity index (χ4n) is 3.93. The zero-order valence-corrected chi connectivity index (χ0v) is 19.9. The summed E-state index contributed by atoms with van der Waals surface area (Å²) in [6, 6.07) is 10.8. The van der Waals surface area contributed by atoms with E-state index in [0.29, 0.717) is 12.6 Å². The molecule has 0 amide bonds. The van der Waals surface area contributed by atoms with E-state index < -0.39 is 0 Å². The second kappa shape index (κ2) is 12.2. The lowest BCUT2D eigenvalue weighted by molar-refractivity contribution is 0.310. The van der Waals surface area contributed by atoms with Gasteiger partial charge in [0.05, 0.1) is 13.7 Å². The summed E-state index contributed by atoms with van der Waals surface area (Å²) in [5.41, 5.74) is 2.44. The average molecular weight is 440 g/mol. The van der Waals surface area contributed by atoms with E-state index in [1.165, 1.54) is 11.1 Å². The van der Waals surface area contributed by atoms with Crippen LogP contribution in [0.25, 0.3) is 0 Å². The number of nitrogens with one attached hydrogen (secondary N) is 2. The molecule has 2 N–H and O–H groups in total. The maximum Gasteiger partial charge on any atom is 0.191 e. The van der Waals surface area contributed by atoms with Gasteiger partial charge in [0.1, 0.15) is 5.82 Å². The average Bonchev–Trinajstić information content (AvgIpc) is 2.82. The van der Waals surface area contributed by atoms with Crippen LogP contribution < -0.4 is 25.0 Å². The predicted molar refractivity (Wildman–Crippen MR) is 131 cm³/mol. The van der Waals surface area contributed by atoms with Crippen molar-refractivity contribution in [1.29, 1.82) is 0 Å². The molecule has 0 atom stereocenters. The van der Waals surface area contributed by atoms with Gasteiger partial charge in [-0.1, -0.05) is 12.1 Å². The van der Waals surface area contributed by atoms with Crippen molar-refractivity contribution in [2.75, 3.05) is 45.3 Å². The highest BCUT2D eigenvalue weighted by Crippen LogP contribution is 2.28. The minimum atomic E-state index is 0.429. The molecule has 0 radical (unpaired) electrons. The van der Waals surface area contributed by atoms with Crippen molar-refractivity contribution >= 4 is 11.8 Å². The largest absolute Gasteiger partial charge is 0.493 e. The number of aliphatic imine (C=N–C) groups is 1. The van der Waals surface area contributed by atoms with Crippen molar-refractivity contribution in [2.24, 2.45) is 4.99 Å². The van der Waals surface area contributed by atoms with Gasteiger partial charge in [-0.3, -0.25) is 4.99 Å². The topological polar surface area (TPSA) is 71.0 Å². The van der Waals surface area contributed by atoms with E-state index in [1.807, 2.05) is 26.2 Å². The van der Waals surface area contributed by atoms with Gasteiger partial charge in [-0.15, -0.1) is 0 Å². The summed E-state index contributed by atoms with van der Waals surface area (Å²) >= 11 is 0. The number of rotatable bonds is 9. The third-order valence-electron chi connectivity index (χ3n) is 5.74. The summed E-state index contributed by atoms with van der Waals surface area (Å²) in [7, 11) is 3.50. The van der Waals surface area contributed by atoms with Crippen LogP contribution in [0.2, 0.25) is 0 Å². The number of piperidine rings is 1. The quantitative estimate of drug-likeness (QED) is 0.354. The Balaban J connectivity index is 1.39. The van der Waals surface area contributed by atoms with E-state index in [2.05, 4.69) is 56.7 Å². The minimum absolute atomic E-state index is 0.429. The molecule has 2 heterocycles. The van der Waals surface area contributed by atoms with E-state index in [9.17, 15) is 0 Å². The zero-order chi connectivity index (χ0) is 22.8. The van der Waals surface area contributed by atoms with Gasteiger partial charge in [0.25, 0.3) is 0 Å². The Kier molecular flexibility index (Phi) is 9.01. The summed E-state index contributed by atoms with van der Waals surface area (Å²) in [5.74, 6) is 3.54. The Morgan fingerprint density at radius 1 is 1.19 bits per heavy atom. The molecule has 1 aliphatic rings. The van der Waals surface area contributed by atoms with Crippen LogP contribution in [0.15, 0.2) is 41.5 Å². The lowest BCUT2D eigenvalue weighted by Crippen LogP contribution is -2.49. The van der Waals surface area contributed by atoms with Crippen molar-refractivity contribution in [3.63, 3.8) is 0 Å². The number of hydrogen-bond donors (Lipinski definition) is 2. The van der Waals surface area contributed by atoms with Gasteiger partial charge in [-0.2, -0.15) is 0 Å². The monoisotopic (exact) mass is 439 g/mol. The van der Waals surface area contributed by atoms with Crippen molar-refractivity contribution in [3.05, 3.63) is 47.7 Å². The van der Waals surface area contributed by atoms with Gasteiger partial charge < -0.3 is 25.0 Å². The Bertz CT molecular complexity index is 861. The number of ether oxygens (including phenoxy) is 2. The number of methoxy groups -OCH3 is 1. The molecule has 1 aromatic heterocycles. The first-order valence-electron chi connectivity index (χ1n) is 11.6. The SMILES string of the molecule is CCOc1cc(CCCNC(=NC)NC2CCN(c3ccc(C)cn3)CC2)ccc1OC. The van der Waals surface area contributed by atoms with E-state index in [4.69, 9.17) is 9.47 Å². The van der Waals surface area contributed by atoms with Gasteiger partial charge in [-0.25, -0.2) is 4.98 Å². The predicted octanol–water partition coefficient (Wildman–Crippen LogP) is 3.56. The number of hydrogen-bond acceptors (Lipinski definition) is 5. The van der Waals surface area contributed by atoms with E-state index in [-0.39, 0.29) is 0 Å². The van der Waals surface area contributed by atoms with Crippen LogP contribution in [0.3, 0.4) is 0 Å². The number of aryl methyl sites for hydroxylation is 2. The van der Waals surface area contributed by atoms with Gasteiger partial charge in [0.2, 0.25) is 0 Å². The molecule has 0 saturated carbocycles. The standard InChI is InChI=1S/C25H37N5O2/c1-5-32-23-17-20(9-10-22(23)31-4)7-6-14-27-25(26-3)29-21-12-15-30(16-13-21)24-11-8-19(2)18-28-24/h8-11,17-18,21H,5-7,12-16H2,1-4H3,(H2,26,27,29). The van der Waals surface area contributed by atoms with Crippen LogP contribution in [0.4, 0.5) is 5.82 Å². The fourth-order valence-corrected chi connectivity index (χ4v) is 3.93. The maximum atomic E-state index is 5.68. The van der Waals surface area contributed by atoms with Gasteiger partial charge in [0, 0.05) is 38.9 Å². The molecule has 7 heteroatoms. The second-order valence-electron chi connectivity index (χ2n) is 8.12. The highest BCUT2D eigenvalue weighted by molar-refractivity contribution is 5.79. The molecule has 7 nitrogen and oxygen atoms in total. The molecule has 0 unspecified atom stereocenters. The minimum Gasteiger partial charge on any atom is -0.493 e. The van der Waals surface area contributed by atoms with Gasteiger partial charge in [0.15, 0.2) is 17.5 Å². The van der Waals surface area contributed by atoms with Crippen LogP contribution in [-0.2, 0) is 6.42 Å². The third-order valence-corrected chi connectivity index (χ3v) is 5.74. The van der Waals surface area contributed by atoms with E-state index >= 15 is 0 Å². The summed E-state index contributed by atoms with van der Waals surface area (Å²) in [4.78, 5) is 11.3. The van der Waals surface area contributed by atoms with Crippen molar-refractivity contribution < 1.29 is 9.47 Å².